The van der Waals surface area contributed by atoms with Crippen LogP contribution in [0.25, 0.3) is 154 Å². The van der Waals surface area contributed by atoms with Crippen molar-refractivity contribution in [3.63, 3.8) is 0 Å². The molecule has 0 aliphatic rings. The Balaban J connectivity index is 0.000000206. The first-order chi connectivity index (χ1) is 61.4. The molecule has 0 atom stereocenters. The average molecular weight is 2600 g/mol. The summed E-state index contributed by atoms with van der Waals surface area (Å²) in [6.45, 7) is 10.6. The summed E-state index contributed by atoms with van der Waals surface area (Å²) >= 11 is 0. The van der Waals surface area contributed by atoms with Crippen LogP contribution in [-0.4, -0.2) is 62.6 Å². The number of carbonyl (C=O) groups excluding carboxylic acids is 3. The molecule has 20 aromatic rings. The summed E-state index contributed by atoms with van der Waals surface area (Å²) in [6.07, 6.45) is 5.29. The fourth-order valence-corrected chi connectivity index (χ4v) is 13.4. The average Bonchev–Trinajstić information content (AvgIpc) is 0.759. The van der Waals surface area contributed by atoms with Crippen molar-refractivity contribution < 1.29 is 130 Å². The maximum Gasteiger partial charge on any atom is 0.155 e. The third-order valence-electron chi connectivity index (χ3n) is 19.1. The van der Waals surface area contributed by atoms with Crippen LogP contribution in [-0.2, 0) is 115 Å². The Bertz CT molecular complexity index is 6890. The van der Waals surface area contributed by atoms with Gasteiger partial charge in [0.1, 0.15) is 0 Å². The third-order valence-corrected chi connectivity index (χ3v) is 19.1. The van der Waals surface area contributed by atoms with Gasteiger partial charge in [-0.25, -0.2) is 0 Å². The SMILES string of the molecule is CC(=O)C=C(C)O.CC(=O)C=C(C)O.CC(=O)C=C(C)O.Cc1ccc[c-]c1-c1ccc2ccccc2n1.[Ir].[Ir].[Ir].[Ir].[Ir].[c-]1c(-c2ccc3ccccc3n2)c2ccccc2c2ccccc12.[c-]1cc2ccccc2cc1-c1ccc2ccccc2n1.[c-]1ccccc1-c1ccc2ccccc2n1.[c-]1ccccc1-c1ccc2ccccc2n1.[c-]1ccccc1-c1ccccn1. The van der Waals surface area contributed by atoms with Crippen LogP contribution in [0.5, 0.6) is 0 Å². The number of benzene rings is 14. The number of aryl methyl sites for hydroxylation is 1. The normalized spacial score (nSPS) is 10.4. The first kappa shape index (κ1) is 105. The van der Waals surface area contributed by atoms with E-state index in [1.165, 1.54) is 108 Å². The van der Waals surface area contributed by atoms with Crippen LogP contribution in [0.15, 0.2) is 418 Å². The van der Waals surface area contributed by atoms with Gasteiger partial charge in [-0.2, -0.15) is 0 Å². The van der Waals surface area contributed by atoms with Gasteiger partial charge in [-0.05, 0) is 133 Å². The molecular weight excluding hydrogens is 2510 g/mol. The zero-order valence-corrected chi connectivity index (χ0v) is 84.5. The molecule has 0 aliphatic heterocycles. The molecule has 6 heterocycles. The molecule has 0 spiro atoms. The van der Waals surface area contributed by atoms with E-state index in [2.05, 4.69) is 227 Å². The van der Waals surface area contributed by atoms with Crippen LogP contribution in [0, 0.1) is 43.3 Å². The molecule has 0 unspecified atom stereocenters. The molecular formula is C114H90Ir5N6O6-6. The predicted molar refractivity (Wildman–Crippen MR) is 517 cm³/mol. The van der Waals surface area contributed by atoms with E-state index >= 15 is 0 Å². The second kappa shape index (κ2) is 54.4. The van der Waals surface area contributed by atoms with Gasteiger partial charge in [-0.1, -0.05) is 265 Å². The summed E-state index contributed by atoms with van der Waals surface area (Å²) < 4.78 is 0. The Morgan fingerprint density at radius 3 is 0.962 bits per heavy atom. The maximum absolute atomic E-state index is 10.0. The minimum Gasteiger partial charge on any atom is -0.512 e. The molecule has 6 aromatic heterocycles. The molecule has 0 saturated heterocycles. The fraction of sp³-hybridized carbons (Fsp3) is 0.0614. The van der Waals surface area contributed by atoms with Gasteiger partial charge in [-0.3, -0.25) is 39.3 Å². The van der Waals surface area contributed by atoms with E-state index in [0.29, 0.717) is 0 Å². The van der Waals surface area contributed by atoms with Crippen molar-refractivity contribution >= 4 is 104 Å². The molecule has 0 amide bonds. The van der Waals surface area contributed by atoms with Crippen molar-refractivity contribution in [3.8, 4) is 67.5 Å². The summed E-state index contributed by atoms with van der Waals surface area (Å²) in [5.41, 5.74) is 18.4. The largest absolute Gasteiger partial charge is 0.512 e. The minimum absolute atomic E-state index is 0. The van der Waals surface area contributed by atoms with Gasteiger partial charge in [-0.15, -0.1) is 190 Å². The molecule has 663 valence electrons. The van der Waals surface area contributed by atoms with Gasteiger partial charge in [0.25, 0.3) is 0 Å². The van der Waals surface area contributed by atoms with Crippen LogP contribution in [0.4, 0.5) is 0 Å². The number of ketones is 3. The number of nitrogens with zero attached hydrogens (tertiary/aromatic N) is 6. The number of carbonyl (C=O) groups is 3. The Morgan fingerprint density at radius 1 is 0.267 bits per heavy atom. The van der Waals surface area contributed by atoms with E-state index in [-0.39, 0.29) is 135 Å². The maximum atomic E-state index is 10.0. The summed E-state index contributed by atoms with van der Waals surface area (Å²) in [4.78, 5) is 57.8. The van der Waals surface area contributed by atoms with Crippen LogP contribution in [0.3, 0.4) is 0 Å². The Morgan fingerprint density at radius 2 is 0.588 bits per heavy atom. The first-order valence-electron chi connectivity index (χ1n) is 40.8. The van der Waals surface area contributed by atoms with E-state index in [9.17, 15) is 14.4 Å². The van der Waals surface area contributed by atoms with Crippen molar-refractivity contribution in [2.75, 3.05) is 0 Å². The molecule has 0 saturated carbocycles. The molecule has 131 heavy (non-hydrogen) atoms. The fourth-order valence-electron chi connectivity index (χ4n) is 13.4. The molecule has 17 heteroatoms. The number of hydrogen-bond acceptors (Lipinski definition) is 12. The molecule has 0 bridgehead atoms. The minimum atomic E-state index is -0.125. The number of hydrogen-bond donors (Lipinski definition) is 3. The molecule has 0 fully saturated rings. The van der Waals surface area contributed by atoms with Gasteiger partial charge in [0.2, 0.25) is 0 Å². The second-order valence-electron chi connectivity index (χ2n) is 29.0. The van der Waals surface area contributed by atoms with Crippen LogP contribution >= 0.6 is 0 Å². The first-order valence-corrected chi connectivity index (χ1v) is 40.8. The summed E-state index contributed by atoms with van der Waals surface area (Å²) in [6, 6.07) is 146. The number of para-hydroxylation sites is 5. The van der Waals surface area contributed by atoms with Crippen LogP contribution < -0.4 is 0 Å². The number of aliphatic hydroxyl groups is 3. The zero-order valence-electron chi connectivity index (χ0n) is 72.5. The molecule has 5 radical (unpaired) electrons. The predicted octanol–water partition coefficient (Wildman–Crippen LogP) is 27.9. The molecule has 20 rings (SSSR count). The number of aromatic nitrogens is 6. The summed E-state index contributed by atoms with van der Waals surface area (Å²) in [5.74, 6) is -0.187. The van der Waals surface area contributed by atoms with Gasteiger partial charge >= 0.3 is 0 Å². The summed E-state index contributed by atoms with van der Waals surface area (Å²) in [7, 11) is 0. The topological polar surface area (TPSA) is 189 Å². The quantitative estimate of drug-likeness (QED) is 0.0538. The van der Waals surface area contributed by atoms with E-state index < -0.39 is 0 Å². The number of pyridine rings is 6. The Hall–Kier alpha value is -13.1. The van der Waals surface area contributed by atoms with E-state index in [1.807, 2.05) is 212 Å². The Labute approximate surface area is 832 Å². The van der Waals surface area contributed by atoms with E-state index in [1.54, 1.807) is 6.20 Å². The monoisotopic (exact) mass is 2600 g/mol. The van der Waals surface area contributed by atoms with Gasteiger partial charge in [0.05, 0.1) is 44.9 Å². The smallest absolute Gasteiger partial charge is 0.155 e. The number of rotatable bonds is 9. The van der Waals surface area contributed by atoms with E-state index in [4.69, 9.17) is 25.3 Å². The van der Waals surface area contributed by atoms with Crippen molar-refractivity contribution in [3.05, 3.63) is 460 Å². The van der Waals surface area contributed by atoms with Gasteiger partial charge < -0.3 is 20.3 Å². The van der Waals surface area contributed by atoms with Gasteiger partial charge in [0, 0.05) is 131 Å². The third kappa shape index (κ3) is 31.9. The van der Waals surface area contributed by atoms with Crippen LogP contribution in [0.2, 0.25) is 0 Å². The molecule has 14 aromatic carbocycles. The molecule has 12 nitrogen and oxygen atoms in total. The molecule has 0 aliphatic carbocycles. The van der Waals surface area contributed by atoms with Crippen molar-refractivity contribution in [1.82, 2.24) is 29.9 Å². The van der Waals surface area contributed by atoms with Crippen molar-refractivity contribution in [2.24, 2.45) is 0 Å². The molecule has 3 N–H and O–H groups in total. The standard InChI is InChI=1S/C23H14N.C19H12N.C16H12N.2C15H10N.C11H8N.3C5H8O2.5Ir/c1-3-9-18-17(8-1)15-21(20-11-5-4-10-19(18)20)23-14-13-16-7-2-6-12-22(16)24-23;1-2-7-16-13-17(10-9-14(16)5-1)19-12-11-15-6-3-4-8-18(15)20-19;1-12-6-2-4-8-14(12)16-11-10-13-7-3-5-9-15(13)17-16;2*1-2-6-12(7-3-1)15-11-10-13-8-4-5-9-14(13)16-15;1-2-6-10(7-3-1)11-8-4-5-9-12-11;3*1-4(6)3-5(2)7;;;;;/h1-14H;1-9,11-13H;2-7,9-11H,1H3;2*1-6,8-11H;1-6,8-9H;3*3,6H,1-2H3;;;;;/q6*-1;;;;;;;;. The van der Waals surface area contributed by atoms with Crippen molar-refractivity contribution in [1.29, 1.82) is 0 Å². The summed E-state index contributed by atoms with van der Waals surface area (Å²) in [5, 5.41) is 38.1. The second-order valence-corrected chi connectivity index (χ2v) is 29.0. The van der Waals surface area contributed by atoms with E-state index in [0.717, 1.165) is 111 Å². The van der Waals surface area contributed by atoms with Gasteiger partial charge in [0.15, 0.2) is 17.3 Å². The number of fused-ring (bicyclic) bond motifs is 9. The zero-order chi connectivity index (χ0) is 88.4. The number of aliphatic hydroxyl groups excluding tert-OH is 3. The van der Waals surface area contributed by atoms with Crippen molar-refractivity contribution in [2.45, 2.75) is 48.5 Å². The number of allylic oxidation sites excluding steroid dienone is 6. The van der Waals surface area contributed by atoms with Crippen LogP contribution in [0.1, 0.15) is 47.1 Å². The Kier molecular flexibility index (Phi) is 43.6.